The van der Waals surface area contributed by atoms with Crippen LogP contribution in [0.15, 0.2) is 30.5 Å². The van der Waals surface area contributed by atoms with E-state index in [1.807, 2.05) is 0 Å². The third kappa shape index (κ3) is 2.62. The fraction of sp³-hybridized carbons (Fsp3) is 0. The van der Waals surface area contributed by atoms with Gasteiger partial charge in [0.2, 0.25) is 0 Å². The first-order valence-electron chi connectivity index (χ1n) is 4.79. The fourth-order valence-corrected chi connectivity index (χ4v) is 0.473. The van der Waals surface area contributed by atoms with Crippen molar-refractivity contribution in [3.8, 4) is 0 Å². The lowest BCUT2D eigenvalue weighted by Gasteiger charge is -1.87. The zero-order valence-corrected chi connectivity index (χ0v) is 5.46. The summed E-state index contributed by atoms with van der Waals surface area (Å²) < 4.78 is 29.1. The number of aromatic nitrogens is 1. The molecule has 1 aromatic rings. The molecule has 1 N–H and O–H groups in total. The van der Waals surface area contributed by atoms with E-state index in [0.29, 0.717) is 0 Å². The van der Waals surface area contributed by atoms with Crippen LogP contribution in [0.2, 0.25) is 0 Å². The molecule has 0 spiro atoms. The second-order valence-corrected chi connectivity index (χ2v) is 1.67. The summed E-state index contributed by atoms with van der Waals surface area (Å²) in [6, 6.07) is -0.784. The second-order valence-electron chi connectivity index (χ2n) is 1.67. The highest BCUT2D eigenvalue weighted by molar-refractivity contribution is 5.85. The number of carboxylic acids is 1. The summed E-state index contributed by atoms with van der Waals surface area (Å²) in [5, 5.41) is 8.37. The van der Waals surface area contributed by atoms with Crippen LogP contribution in [0.3, 0.4) is 0 Å². The van der Waals surface area contributed by atoms with Crippen LogP contribution in [-0.4, -0.2) is 16.1 Å². The molecule has 0 fully saturated rings. The molecule has 0 aliphatic rings. The van der Waals surface area contributed by atoms with Crippen LogP contribution in [0.4, 0.5) is 0 Å². The van der Waals surface area contributed by atoms with Crippen LogP contribution in [0.25, 0.3) is 6.08 Å². The summed E-state index contributed by atoms with van der Waals surface area (Å²) in [5.41, 5.74) is -0.0709. The molecule has 0 unspecified atom stereocenters. The minimum atomic E-state index is -1.21. The zero-order chi connectivity index (χ0) is 11.6. The van der Waals surface area contributed by atoms with E-state index in [2.05, 4.69) is 4.98 Å². The number of hydrogen-bond acceptors (Lipinski definition) is 2. The molecule has 0 saturated carbocycles. The van der Waals surface area contributed by atoms with Gasteiger partial charge in [-0.05, 0) is 17.7 Å². The molecule has 0 atom stereocenters. The first kappa shape index (κ1) is 3.67. The van der Waals surface area contributed by atoms with Crippen molar-refractivity contribution < 1.29 is 15.4 Å². The van der Waals surface area contributed by atoms with Crippen LogP contribution in [0.5, 0.6) is 0 Å². The van der Waals surface area contributed by atoms with Gasteiger partial charge in [0.05, 0.1) is 5.48 Å². The van der Waals surface area contributed by atoms with Crippen LogP contribution >= 0.6 is 0 Å². The van der Waals surface area contributed by atoms with E-state index < -0.39 is 18.2 Å². The number of carbonyl (C=O) groups is 1. The lowest BCUT2D eigenvalue weighted by atomic mass is 10.3. The molecule has 11 heavy (non-hydrogen) atoms. The predicted molar refractivity (Wildman–Crippen MR) is 40.9 cm³/mol. The molecule has 0 aromatic carbocycles. The lowest BCUT2D eigenvalue weighted by molar-refractivity contribution is -0.131. The van der Waals surface area contributed by atoms with Gasteiger partial charge < -0.3 is 5.11 Å². The molecule has 1 aromatic heterocycles. The Labute approximate surface area is 69.6 Å². The summed E-state index contributed by atoms with van der Waals surface area (Å²) in [4.78, 5) is 13.6. The molecule has 0 aliphatic heterocycles. The molecule has 3 heteroatoms. The average molecular weight is 153 g/mol. The van der Waals surface area contributed by atoms with Gasteiger partial charge in [0.25, 0.3) is 0 Å². The molecule has 0 amide bonds. The van der Waals surface area contributed by atoms with Crippen molar-refractivity contribution >= 4 is 12.0 Å². The highest BCUT2D eigenvalue weighted by atomic mass is 16.4. The van der Waals surface area contributed by atoms with E-state index in [1.54, 1.807) is 0 Å². The van der Waals surface area contributed by atoms with E-state index in [-0.39, 0.29) is 17.8 Å². The topological polar surface area (TPSA) is 50.2 Å². The van der Waals surface area contributed by atoms with Gasteiger partial charge in [0.15, 0.2) is 0 Å². The van der Waals surface area contributed by atoms with Gasteiger partial charge in [0, 0.05) is 18.4 Å². The standard InChI is InChI=1S/C8H7NO2/c10-8(11)4-3-7-2-1-5-9-6-7/h1-6H,(H,10,11)/b4-3+/i1D,2D,5D,6D. The SMILES string of the molecule is [2H]c1nc([2H])c(/C=C/C(=O)O)c([2H])c1[2H]. The molecule has 0 aliphatic carbocycles. The Kier molecular flexibility index (Phi) is 1.17. The minimum Gasteiger partial charge on any atom is -0.478 e. The highest BCUT2D eigenvalue weighted by Gasteiger charge is 1.86. The van der Waals surface area contributed by atoms with E-state index in [0.717, 1.165) is 12.2 Å². The summed E-state index contributed by atoms with van der Waals surface area (Å²) in [6.07, 6.45) is 0.948. The van der Waals surface area contributed by atoms with Crippen molar-refractivity contribution in [1.29, 1.82) is 0 Å². The Morgan fingerprint density at radius 2 is 2.64 bits per heavy atom. The largest absolute Gasteiger partial charge is 0.478 e. The summed E-state index contributed by atoms with van der Waals surface area (Å²) >= 11 is 0. The van der Waals surface area contributed by atoms with Gasteiger partial charge in [-0.3, -0.25) is 4.98 Å². The Hall–Kier alpha value is -1.64. The molecule has 0 radical (unpaired) electrons. The van der Waals surface area contributed by atoms with Crippen molar-refractivity contribution in [3.63, 3.8) is 0 Å². The fourth-order valence-electron chi connectivity index (χ4n) is 0.473. The number of hydrogen-bond donors (Lipinski definition) is 1. The minimum absolute atomic E-state index is 0.0709. The number of carboxylic acid groups (broad SMARTS) is 1. The number of nitrogens with zero attached hydrogens (tertiary/aromatic N) is 1. The van der Waals surface area contributed by atoms with Crippen molar-refractivity contribution in [1.82, 2.24) is 4.98 Å². The summed E-state index contributed by atoms with van der Waals surface area (Å²) in [7, 11) is 0. The van der Waals surface area contributed by atoms with E-state index in [1.165, 1.54) is 0 Å². The Morgan fingerprint density at radius 3 is 3.36 bits per heavy atom. The van der Waals surface area contributed by atoms with Gasteiger partial charge in [-0.25, -0.2) is 4.79 Å². The predicted octanol–water partition coefficient (Wildman–Crippen LogP) is 1.18. The Morgan fingerprint density at radius 1 is 1.82 bits per heavy atom. The van der Waals surface area contributed by atoms with E-state index >= 15 is 0 Å². The first-order chi connectivity index (χ1) is 6.93. The maximum Gasteiger partial charge on any atom is 0.328 e. The zero-order valence-electron chi connectivity index (χ0n) is 9.46. The van der Waals surface area contributed by atoms with Crippen molar-refractivity contribution in [3.05, 3.63) is 36.1 Å². The van der Waals surface area contributed by atoms with E-state index in [4.69, 9.17) is 10.6 Å². The van der Waals surface area contributed by atoms with E-state index in [9.17, 15) is 4.79 Å². The number of pyridine rings is 1. The van der Waals surface area contributed by atoms with Crippen LogP contribution < -0.4 is 0 Å². The Bertz CT molecular complexity index is 445. The smallest absolute Gasteiger partial charge is 0.328 e. The normalized spacial score (nSPS) is 15.3. The van der Waals surface area contributed by atoms with Gasteiger partial charge in [0.1, 0.15) is 0 Å². The second kappa shape index (κ2) is 3.51. The summed E-state index contributed by atoms with van der Waals surface area (Å²) in [5.74, 6) is -1.21. The van der Waals surface area contributed by atoms with Gasteiger partial charge in [-0.2, -0.15) is 0 Å². The van der Waals surface area contributed by atoms with Gasteiger partial charge >= 0.3 is 5.97 Å². The maximum absolute atomic E-state index is 10.2. The third-order valence-corrected chi connectivity index (χ3v) is 0.878. The number of aliphatic carboxylic acids is 1. The molecule has 0 bridgehead atoms. The molecule has 3 nitrogen and oxygen atoms in total. The van der Waals surface area contributed by atoms with Crippen LogP contribution in [0, 0.1) is 0 Å². The maximum atomic E-state index is 10.2. The first-order valence-corrected chi connectivity index (χ1v) is 2.79. The third-order valence-electron chi connectivity index (χ3n) is 0.878. The molecular weight excluding hydrogens is 142 g/mol. The monoisotopic (exact) mass is 153 g/mol. The van der Waals surface area contributed by atoms with Crippen molar-refractivity contribution in [2.75, 3.05) is 0 Å². The van der Waals surface area contributed by atoms with Gasteiger partial charge in [-0.15, -0.1) is 0 Å². The van der Waals surface area contributed by atoms with Crippen LogP contribution in [0.1, 0.15) is 11.0 Å². The van der Waals surface area contributed by atoms with Crippen molar-refractivity contribution in [2.45, 2.75) is 0 Å². The Balaban J connectivity index is 3.30. The molecule has 1 rings (SSSR count). The quantitative estimate of drug-likeness (QED) is 0.649. The van der Waals surface area contributed by atoms with Crippen LogP contribution in [-0.2, 0) is 4.79 Å². The molecule has 0 saturated heterocycles. The highest BCUT2D eigenvalue weighted by Crippen LogP contribution is 1.97. The van der Waals surface area contributed by atoms with Crippen molar-refractivity contribution in [2.24, 2.45) is 0 Å². The lowest BCUT2D eigenvalue weighted by Crippen LogP contribution is -1.85. The molecule has 56 valence electrons. The molecular formula is C8H7NO2. The average Bonchev–Trinajstić information content (AvgIpc) is 2.14. The molecule has 1 heterocycles. The van der Waals surface area contributed by atoms with Gasteiger partial charge in [-0.1, -0.05) is 6.04 Å². The summed E-state index contributed by atoms with van der Waals surface area (Å²) in [6.45, 7) is 0. The number of rotatable bonds is 2.